The maximum absolute atomic E-state index is 9.76. The van der Waals surface area contributed by atoms with Gasteiger partial charge in [0.05, 0.1) is 11.1 Å². The third-order valence-electron chi connectivity index (χ3n) is 3.45. The van der Waals surface area contributed by atoms with Crippen molar-refractivity contribution in [3.8, 4) is 5.75 Å². The predicted octanol–water partition coefficient (Wildman–Crippen LogP) is 3.13. The summed E-state index contributed by atoms with van der Waals surface area (Å²) < 4.78 is 5.80. The van der Waals surface area contributed by atoms with E-state index >= 15 is 0 Å². The van der Waals surface area contributed by atoms with Crippen LogP contribution in [-0.2, 0) is 6.54 Å². The number of ether oxygens (including phenoxy) is 1. The van der Waals surface area contributed by atoms with Gasteiger partial charge in [-0.2, -0.15) is 0 Å². The summed E-state index contributed by atoms with van der Waals surface area (Å²) in [5.41, 5.74) is 1.15. The molecule has 2 atom stereocenters. The average molecular weight is 284 g/mol. The second kappa shape index (κ2) is 7.13. The van der Waals surface area contributed by atoms with Crippen LogP contribution in [0.15, 0.2) is 18.2 Å². The van der Waals surface area contributed by atoms with Gasteiger partial charge in [0, 0.05) is 6.54 Å². The van der Waals surface area contributed by atoms with Gasteiger partial charge in [-0.1, -0.05) is 24.6 Å². The van der Waals surface area contributed by atoms with Gasteiger partial charge in [-0.3, -0.25) is 0 Å². The number of hydrogen-bond acceptors (Lipinski definition) is 3. The molecule has 0 saturated heterocycles. The van der Waals surface area contributed by atoms with Gasteiger partial charge in [-0.15, -0.1) is 0 Å². The highest BCUT2D eigenvalue weighted by atomic mass is 35.5. The van der Waals surface area contributed by atoms with Crippen molar-refractivity contribution in [2.24, 2.45) is 0 Å². The van der Waals surface area contributed by atoms with Crippen molar-refractivity contribution >= 4 is 11.6 Å². The van der Waals surface area contributed by atoms with Gasteiger partial charge < -0.3 is 15.2 Å². The first-order chi connectivity index (χ1) is 9.20. The first kappa shape index (κ1) is 14.6. The maximum Gasteiger partial charge on any atom is 0.138 e. The van der Waals surface area contributed by atoms with Crippen molar-refractivity contribution < 1.29 is 9.84 Å². The molecule has 0 aliphatic heterocycles. The van der Waals surface area contributed by atoms with Crippen molar-refractivity contribution in [3.63, 3.8) is 0 Å². The van der Waals surface area contributed by atoms with E-state index in [2.05, 4.69) is 12.2 Å². The summed E-state index contributed by atoms with van der Waals surface area (Å²) in [6.45, 7) is 3.97. The summed E-state index contributed by atoms with van der Waals surface area (Å²) >= 11 is 6.23. The Morgan fingerprint density at radius 1 is 1.42 bits per heavy atom. The zero-order valence-corrected chi connectivity index (χ0v) is 12.1. The smallest absolute Gasteiger partial charge is 0.138 e. The van der Waals surface area contributed by atoms with Crippen LogP contribution in [-0.4, -0.2) is 23.9 Å². The summed E-state index contributed by atoms with van der Waals surface area (Å²) in [6.07, 6.45) is 3.39. The second-order valence-electron chi connectivity index (χ2n) is 5.10. The molecular weight excluding hydrogens is 262 g/mol. The molecule has 4 heteroatoms. The molecule has 2 N–H and O–H groups in total. The van der Waals surface area contributed by atoms with Crippen molar-refractivity contribution in [2.45, 2.75) is 51.4 Å². The highest BCUT2D eigenvalue weighted by Crippen LogP contribution is 2.30. The van der Waals surface area contributed by atoms with E-state index < -0.39 is 0 Å². The fourth-order valence-electron chi connectivity index (χ4n) is 2.37. The van der Waals surface area contributed by atoms with Gasteiger partial charge in [0.1, 0.15) is 11.9 Å². The van der Waals surface area contributed by atoms with E-state index in [0.717, 1.165) is 44.3 Å². The summed E-state index contributed by atoms with van der Waals surface area (Å²) in [7, 11) is 0. The number of rotatable bonds is 6. The molecule has 0 radical (unpaired) electrons. The Morgan fingerprint density at radius 2 is 2.26 bits per heavy atom. The van der Waals surface area contributed by atoms with Gasteiger partial charge in [0.15, 0.2) is 0 Å². The van der Waals surface area contributed by atoms with E-state index in [4.69, 9.17) is 16.3 Å². The molecular formula is C15H22ClNO2. The lowest BCUT2D eigenvalue weighted by atomic mass is 10.2. The van der Waals surface area contributed by atoms with Gasteiger partial charge in [0.2, 0.25) is 0 Å². The molecule has 0 spiro atoms. The highest BCUT2D eigenvalue weighted by Gasteiger charge is 2.27. The minimum Gasteiger partial charge on any atom is -0.486 e. The molecule has 106 valence electrons. The molecule has 1 saturated carbocycles. The fraction of sp³-hybridized carbons (Fsp3) is 0.600. The zero-order chi connectivity index (χ0) is 13.7. The molecule has 1 aromatic carbocycles. The molecule has 0 heterocycles. The number of aliphatic hydroxyl groups excluding tert-OH is 1. The third kappa shape index (κ3) is 4.10. The lowest BCUT2D eigenvalue weighted by molar-refractivity contribution is 0.0604. The molecule has 1 fully saturated rings. The van der Waals surface area contributed by atoms with Crippen LogP contribution < -0.4 is 10.1 Å². The lowest BCUT2D eigenvalue weighted by Gasteiger charge is -2.18. The molecule has 3 nitrogen and oxygen atoms in total. The minimum atomic E-state index is -0.359. The van der Waals surface area contributed by atoms with Crippen molar-refractivity contribution in [1.29, 1.82) is 0 Å². The molecule has 19 heavy (non-hydrogen) atoms. The first-order valence-corrected chi connectivity index (χ1v) is 7.42. The van der Waals surface area contributed by atoms with Gasteiger partial charge in [-0.05, 0) is 49.9 Å². The number of hydrogen-bond donors (Lipinski definition) is 2. The van der Waals surface area contributed by atoms with Crippen LogP contribution in [0.3, 0.4) is 0 Å². The van der Waals surface area contributed by atoms with E-state index in [1.54, 1.807) is 0 Å². The topological polar surface area (TPSA) is 41.5 Å². The Morgan fingerprint density at radius 3 is 2.89 bits per heavy atom. The number of nitrogens with one attached hydrogen (secondary N) is 1. The Labute approximate surface area is 119 Å². The average Bonchev–Trinajstić information content (AvgIpc) is 2.79. The van der Waals surface area contributed by atoms with Gasteiger partial charge >= 0.3 is 0 Å². The number of halogens is 1. The van der Waals surface area contributed by atoms with E-state index in [1.807, 2.05) is 18.2 Å². The highest BCUT2D eigenvalue weighted by molar-refractivity contribution is 6.32. The number of benzene rings is 1. The van der Waals surface area contributed by atoms with Crippen LogP contribution >= 0.6 is 11.6 Å². The maximum atomic E-state index is 9.76. The zero-order valence-electron chi connectivity index (χ0n) is 11.4. The van der Waals surface area contributed by atoms with Gasteiger partial charge in [0.25, 0.3) is 0 Å². The molecule has 2 unspecified atom stereocenters. The second-order valence-corrected chi connectivity index (χ2v) is 5.50. The lowest BCUT2D eigenvalue weighted by Crippen LogP contribution is -2.25. The van der Waals surface area contributed by atoms with Crippen molar-refractivity contribution in [3.05, 3.63) is 28.8 Å². The Bertz CT molecular complexity index is 411. The molecule has 0 bridgehead atoms. The Kier molecular flexibility index (Phi) is 5.49. The van der Waals surface area contributed by atoms with Crippen LogP contribution in [0.5, 0.6) is 5.75 Å². The summed E-state index contributed by atoms with van der Waals surface area (Å²) in [5.74, 6) is 0.673. The van der Waals surface area contributed by atoms with Crippen LogP contribution in [0.2, 0.25) is 5.02 Å². The summed E-state index contributed by atoms with van der Waals surface area (Å²) in [6, 6.07) is 5.85. The SMILES string of the molecule is CCCNCc1ccc(OC2CCCC2O)c(Cl)c1. The fourth-order valence-corrected chi connectivity index (χ4v) is 2.61. The molecule has 1 aliphatic carbocycles. The Balaban J connectivity index is 1.94. The van der Waals surface area contributed by atoms with Crippen molar-refractivity contribution in [2.75, 3.05) is 6.54 Å². The van der Waals surface area contributed by atoms with Crippen LogP contribution in [0, 0.1) is 0 Å². The normalized spacial score (nSPS) is 22.7. The minimum absolute atomic E-state index is 0.110. The quantitative estimate of drug-likeness (QED) is 0.788. The predicted molar refractivity (Wildman–Crippen MR) is 77.7 cm³/mol. The largest absolute Gasteiger partial charge is 0.486 e. The molecule has 1 aliphatic rings. The molecule has 1 aromatic rings. The molecule has 0 amide bonds. The van der Waals surface area contributed by atoms with E-state index in [1.165, 1.54) is 0 Å². The third-order valence-corrected chi connectivity index (χ3v) is 3.74. The monoisotopic (exact) mass is 283 g/mol. The van der Waals surface area contributed by atoms with Crippen LogP contribution in [0.25, 0.3) is 0 Å². The van der Waals surface area contributed by atoms with Gasteiger partial charge in [-0.25, -0.2) is 0 Å². The van der Waals surface area contributed by atoms with E-state index in [9.17, 15) is 5.11 Å². The van der Waals surface area contributed by atoms with Crippen molar-refractivity contribution in [1.82, 2.24) is 5.32 Å². The van der Waals surface area contributed by atoms with E-state index in [-0.39, 0.29) is 12.2 Å². The van der Waals surface area contributed by atoms with Crippen LogP contribution in [0.4, 0.5) is 0 Å². The number of aliphatic hydroxyl groups is 1. The standard InChI is InChI=1S/C15H22ClNO2/c1-2-8-17-10-11-6-7-14(12(16)9-11)19-15-5-3-4-13(15)18/h6-7,9,13,15,17-18H,2-5,8,10H2,1H3. The molecule has 0 aromatic heterocycles. The summed E-state index contributed by atoms with van der Waals surface area (Å²) in [5, 5.41) is 13.7. The molecule has 2 rings (SSSR count). The summed E-state index contributed by atoms with van der Waals surface area (Å²) in [4.78, 5) is 0. The van der Waals surface area contributed by atoms with Crippen LogP contribution in [0.1, 0.15) is 38.2 Å². The Hall–Kier alpha value is -0.770. The first-order valence-electron chi connectivity index (χ1n) is 7.04. The van der Waals surface area contributed by atoms with E-state index in [0.29, 0.717) is 10.8 Å².